The molecule has 0 saturated heterocycles. The number of carbonyl (C=O) groups is 1. The standard InChI is InChI=1S/C9H15F2NO5S/c10-9(11,18(14,15)16)6-17-7(13)8(12)4-2-1-3-5-8/h1-6,12H2,(H,14,15,16). The highest BCUT2D eigenvalue weighted by Gasteiger charge is 2.47. The summed E-state index contributed by atoms with van der Waals surface area (Å²) in [6, 6.07) is 0. The van der Waals surface area contributed by atoms with Gasteiger partial charge in [-0.1, -0.05) is 19.3 Å². The molecule has 0 heterocycles. The quantitative estimate of drug-likeness (QED) is 0.581. The average Bonchev–Trinajstić information content (AvgIpc) is 2.25. The van der Waals surface area contributed by atoms with Gasteiger partial charge in [-0.25, -0.2) is 0 Å². The van der Waals surface area contributed by atoms with Crippen LogP contribution in [-0.4, -0.2) is 36.3 Å². The largest absolute Gasteiger partial charge is 0.457 e. The van der Waals surface area contributed by atoms with Crippen molar-refractivity contribution in [3.8, 4) is 0 Å². The van der Waals surface area contributed by atoms with E-state index in [1.54, 1.807) is 0 Å². The minimum atomic E-state index is -5.60. The minimum Gasteiger partial charge on any atom is -0.457 e. The fourth-order valence-corrected chi connectivity index (χ4v) is 1.96. The molecule has 3 N–H and O–H groups in total. The molecule has 0 bridgehead atoms. The lowest BCUT2D eigenvalue weighted by Crippen LogP contribution is -2.51. The highest BCUT2D eigenvalue weighted by atomic mass is 32.2. The number of nitrogens with two attached hydrogens (primary N) is 1. The molecule has 0 aliphatic heterocycles. The maximum atomic E-state index is 12.8. The van der Waals surface area contributed by atoms with Crippen molar-refractivity contribution in [2.75, 3.05) is 6.61 Å². The maximum absolute atomic E-state index is 12.8. The van der Waals surface area contributed by atoms with Gasteiger partial charge in [0.15, 0.2) is 6.61 Å². The van der Waals surface area contributed by atoms with Crippen LogP contribution in [-0.2, 0) is 19.6 Å². The Morgan fingerprint density at radius 1 is 1.33 bits per heavy atom. The van der Waals surface area contributed by atoms with Gasteiger partial charge in [-0.3, -0.25) is 9.35 Å². The van der Waals surface area contributed by atoms with Gasteiger partial charge in [-0.05, 0) is 12.8 Å². The van der Waals surface area contributed by atoms with Crippen molar-refractivity contribution in [3.63, 3.8) is 0 Å². The summed E-state index contributed by atoms with van der Waals surface area (Å²) < 4.78 is 58.7. The lowest BCUT2D eigenvalue weighted by Gasteiger charge is -2.31. The van der Waals surface area contributed by atoms with Crippen molar-refractivity contribution in [2.45, 2.75) is 42.9 Å². The van der Waals surface area contributed by atoms with Gasteiger partial charge >= 0.3 is 21.3 Å². The van der Waals surface area contributed by atoms with E-state index in [4.69, 9.17) is 10.3 Å². The fraction of sp³-hybridized carbons (Fsp3) is 0.889. The van der Waals surface area contributed by atoms with Crippen molar-refractivity contribution in [1.82, 2.24) is 0 Å². The van der Waals surface area contributed by atoms with Crippen molar-refractivity contribution < 1.29 is 31.3 Å². The van der Waals surface area contributed by atoms with Crippen LogP contribution in [0, 0.1) is 0 Å². The summed E-state index contributed by atoms with van der Waals surface area (Å²) in [4.78, 5) is 11.5. The van der Waals surface area contributed by atoms with Crippen LogP contribution in [0.4, 0.5) is 8.78 Å². The zero-order valence-corrected chi connectivity index (χ0v) is 10.4. The second-order valence-electron chi connectivity index (χ2n) is 4.41. The Bertz CT molecular complexity index is 417. The number of hydrogen-bond donors (Lipinski definition) is 2. The summed E-state index contributed by atoms with van der Waals surface area (Å²) in [6.45, 7) is -1.73. The first-order chi connectivity index (χ1) is 8.08. The Morgan fingerprint density at radius 2 is 1.83 bits per heavy atom. The summed E-state index contributed by atoms with van der Waals surface area (Å²) in [5, 5.41) is -4.52. The highest BCUT2D eigenvalue weighted by Crippen LogP contribution is 2.28. The lowest BCUT2D eigenvalue weighted by molar-refractivity contribution is -0.157. The monoisotopic (exact) mass is 287 g/mol. The van der Waals surface area contributed by atoms with Gasteiger partial charge < -0.3 is 10.5 Å². The molecule has 0 aromatic rings. The molecule has 0 spiro atoms. The molecule has 0 aromatic carbocycles. The molecule has 0 radical (unpaired) electrons. The molecule has 0 atom stereocenters. The van der Waals surface area contributed by atoms with Crippen LogP contribution < -0.4 is 5.73 Å². The SMILES string of the molecule is NC1(C(=O)OCC(F)(F)S(=O)(=O)O)CCCCC1. The lowest BCUT2D eigenvalue weighted by atomic mass is 9.83. The van der Waals surface area contributed by atoms with Gasteiger partial charge in [-0.15, -0.1) is 0 Å². The summed E-state index contributed by atoms with van der Waals surface area (Å²) >= 11 is 0. The molecule has 9 heteroatoms. The van der Waals surface area contributed by atoms with Crippen LogP contribution in [0.3, 0.4) is 0 Å². The van der Waals surface area contributed by atoms with Crippen molar-refractivity contribution in [1.29, 1.82) is 0 Å². The normalized spacial score (nSPS) is 20.4. The molecule has 6 nitrogen and oxygen atoms in total. The summed E-state index contributed by atoms with van der Waals surface area (Å²) in [7, 11) is -5.60. The van der Waals surface area contributed by atoms with Crippen LogP contribution in [0.5, 0.6) is 0 Å². The number of rotatable bonds is 4. The predicted octanol–water partition coefficient (Wildman–Crippen LogP) is 0.672. The summed E-state index contributed by atoms with van der Waals surface area (Å²) in [6.07, 6.45) is 2.88. The molecular formula is C9H15F2NO5S. The van der Waals surface area contributed by atoms with E-state index in [0.29, 0.717) is 25.7 Å². The predicted molar refractivity (Wildman–Crippen MR) is 57.5 cm³/mol. The number of halogens is 2. The number of carbonyl (C=O) groups excluding carboxylic acids is 1. The highest BCUT2D eigenvalue weighted by molar-refractivity contribution is 7.86. The fourth-order valence-electron chi connectivity index (χ4n) is 1.75. The molecule has 0 unspecified atom stereocenters. The number of hydrogen-bond acceptors (Lipinski definition) is 5. The van der Waals surface area contributed by atoms with Crippen molar-refractivity contribution in [3.05, 3.63) is 0 Å². The van der Waals surface area contributed by atoms with E-state index in [0.717, 1.165) is 6.42 Å². The van der Waals surface area contributed by atoms with Crippen LogP contribution in [0.2, 0.25) is 0 Å². The number of ether oxygens (including phenoxy) is 1. The second-order valence-corrected chi connectivity index (χ2v) is 5.95. The average molecular weight is 287 g/mol. The van der Waals surface area contributed by atoms with Gasteiger partial charge in [0, 0.05) is 0 Å². The molecular weight excluding hydrogens is 272 g/mol. The van der Waals surface area contributed by atoms with Crippen LogP contribution >= 0.6 is 0 Å². The molecule has 1 fully saturated rings. The smallest absolute Gasteiger partial charge is 0.402 e. The Hall–Kier alpha value is -0.800. The number of alkyl halides is 2. The topological polar surface area (TPSA) is 107 Å². The minimum absolute atomic E-state index is 0.309. The zero-order valence-electron chi connectivity index (χ0n) is 9.56. The second kappa shape index (κ2) is 5.06. The van der Waals surface area contributed by atoms with E-state index in [1.807, 2.05) is 0 Å². The first-order valence-electron chi connectivity index (χ1n) is 5.39. The van der Waals surface area contributed by atoms with E-state index in [9.17, 15) is 22.0 Å². The van der Waals surface area contributed by atoms with E-state index < -0.39 is 33.5 Å². The molecule has 18 heavy (non-hydrogen) atoms. The van der Waals surface area contributed by atoms with E-state index in [-0.39, 0.29) is 0 Å². The third-order valence-corrected chi connectivity index (χ3v) is 3.77. The van der Waals surface area contributed by atoms with Crippen LogP contribution in [0.1, 0.15) is 32.1 Å². The Balaban J connectivity index is 2.61. The molecule has 1 saturated carbocycles. The first kappa shape index (κ1) is 15.3. The van der Waals surface area contributed by atoms with Gasteiger partial charge in [-0.2, -0.15) is 17.2 Å². The number of esters is 1. The van der Waals surface area contributed by atoms with E-state index >= 15 is 0 Å². The van der Waals surface area contributed by atoms with Crippen LogP contribution in [0.15, 0.2) is 0 Å². The van der Waals surface area contributed by atoms with Gasteiger partial charge in [0.05, 0.1) is 0 Å². The molecule has 1 aliphatic rings. The first-order valence-corrected chi connectivity index (χ1v) is 6.83. The summed E-state index contributed by atoms with van der Waals surface area (Å²) in [5.74, 6) is -1.06. The van der Waals surface area contributed by atoms with Crippen LogP contribution in [0.25, 0.3) is 0 Å². The van der Waals surface area contributed by atoms with Gasteiger partial charge in [0.2, 0.25) is 0 Å². The van der Waals surface area contributed by atoms with Gasteiger partial charge in [0.25, 0.3) is 0 Å². The van der Waals surface area contributed by atoms with Crippen molar-refractivity contribution in [2.24, 2.45) is 5.73 Å². The Morgan fingerprint density at radius 3 is 2.28 bits per heavy atom. The van der Waals surface area contributed by atoms with Crippen molar-refractivity contribution >= 4 is 16.1 Å². The third kappa shape index (κ3) is 3.36. The molecule has 1 rings (SSSR count). The van der Waals surface area contributed by atoms with E-state index in [2.05, 4.69) is 4.74 Å². The van der Waals surface area contributed by atoms with Gasteiger partial charge in [0.1, 0.15) is 5.54 Å². The maximum Gasteiger partial charge on any atom is 0.402 e. The van der Waals surface area contributed by atoms with E-state index in [1.165, 1.54) is 0 Å². The molecule has 106 valence electrons. The Labute approximate surface area is 103 Å². The molecule has 0 amide bonds. The molecule has 0 aromatic heterocycles. The summed E-state index contributed by atoms with van der Waals surface area (Å²) in [5.41, 5.74) is 4.37. The Kier molecular flexibility index (Phi) is 4.29. The zero-order chi connectivity index (χ0) is 14.0. The molecule has 1 aliphatic carbocycles. The third-order valence-electron chi connectivity index (χ3n) is 2.90.